The lowest BCUT2D eigenvalue weighted by Crippen LogP contribution is -1.87. The zero-order chi connectivity index (χ0) is 8.72. The lowest BCUT2D eigenvalue weighted by molar-refractivity contribution is 1.52. The van der Waals surface area contributed by atoms with E-state index in [1.165, 1.54) is 4.70 Å². The number of benzene rings is 1. The van der Waals surface area contributed by atoms with Crippen LogP contribution in [0.5, 0.6) is 0 Å². The molecule has 0 aliphatic heterocycles. The van der Waals surface area contributed by atoms with Crippen molar-refractivity contribution >= 4 is 62.3 Å². The zero-order valence-corrected chi connectivity index (χ0v) is 9.91. The lowest BCUT2D eigenvalue weighted by atomic mass is 10.2. The number of anilines is 1. The molecule has 0 amide bonds. The minimum Gasteiger partial charge on any atom is -0.398 e. The van der Waals surface area contributed by atoms with Gasteiger partial charge in [0, 0.05) is 19.5 Å². The Bertz CT molecular complexity index is 436. The quantitative estimate of drug-likeness (QED) is 0.435. The van der Waals surface area contributed by atoms with Crippen molar-refractivity contribution in [3.63, 3.8) is 0 Å². The van der Waals surface area contributed by atoms with Crippen LogP contribution in [0, 0.1) is 3.57 Å². The molecular weight excluding hydrogens is 301 g/mol. The third-order valence-electron chi connectivity index (χ3n) is 1.70. The van der Waals surface area contributed by atoms with Gasteiger partial charge in [-0.1, -0.05) is 0 Å². The first-order chi connectivity index (χ1) is 5.70. The van der Waals surface area contributed by atoms with Gasteiger partial charge in [-0.3, -0.25) is 0 Å². The Morgan fingerprint density at radius 3 is 3.00 bits per heavy atom. The number of thiol groups is 1. The first kappa shape index (κ1) is 8.65. The molecule has 2 aromatic rings. The van der Waals surface area contributed by atoms with Crippen molar-refractivity contribution in [1.29, 1.82) is 0 Å². The van der Waals surface area contributed by atoms with Gasteiger partial charge in [-0.15, -0.1) is 24.0 Å². The monoisotopic (exact) mass is 307 g/mol. The second-order valence-corrected chi connectivity index (χ2v) is 4.99. The summed E-state index contributed by atoms with van der Waals surface area (Å²) in [7, 11) is 0. The van der Waals surface area contributed by atoms with Crippen molar-refractivity contribution in [2.45, 2.75) is 4.90 Å². The standard InChI is InChI=1S/C8H6INS2/c9-5-3-6(10)4-1-2-12-8(4)7(5)11/h1-3,11H,10H2. The third kappa shape index (κ3) is 1.22. The SMILES string of the molecule is Nc1cc(I)c(S)c2sccc12. The smallest absolute Gasteiger partial charge is 0.0507 e. The number of hydrogen-bond donors (Lipinski definition) is 2. The average Bonchev–Trinajstić information content (AvgIpc) is 2.48. The molecule has 0 aliphatic rings. The molecule has 0 radical (unpaired) electrons. The molecular formula is C8H6INS2. The van der Waals surface area contributed by atoms with Crippen LogP contribution in [0.2, 0.25) is 0 Å². The topological polar surface area (TPSA) is 26.0 Å². The lowest BCUT2D eigenvalue weighted by Gasteiger charge is -2.01. The molecule has 1 heterocycles. The number of fused-ring (bicyclic) bond motifs is 1. The van der Waals surface area contributed by atoms with Crippen molar-refractivity contribution in [1.82, 2.24) is 0 Å². The highest BCUT2D eigenvalue weighted by Crippen LogP contribution is 2.34. The molecule has 0 bridgehead atoms. The highest BCUT2D eigenvalue weighted by Gasteiger charge is 2.06. The van der Waals surface area contributed by atoms with Gasteiger partial charge in [0.15, 0.2) is 0 Å². The Morgan fingerprint density at radius 1 is 1.50 bits per heavy atom. The minimum atomic E-state index is 0.841. The molecule has 0 atom stereocenters. The Kier molecular flexibility index (Phi) is 2.22. The van der Waals surface area contributed by atoms with Crippen LogP contribution in [0.15, 0.2) is 22.4 Å². The van der Waals surface area contributed by atoms with Crippen LogP contribution in [-0.2, 0) is 0 Å². The predicted molar refractivity (Wildman–Crippen MR) is 66.2 cm³/mol. The fourth-order valence-electron chi connectivity index (χ4n) is 1.11. The van der Waals surface area contributed by atoms with Gasteiger partial charge in [0.2, 0.25) is 0 Å². The molecule has 0 saturated heterocycles. The molecule has 1 aromatic heterocycles. The highest BCUT2D eigenvalue weighted by atomic mass is 127. The maximum atomic E-state index is 5.84. The van der Waals surface area contributed by atoms with E-state index in [1.54, 1.807) is 11.3 Å². The zero-order valence-electron chi connectivity index (χ0n) is 6.04. The molecule has 4 heteroatoms. The third-order valence-corrected chi connectivity index (χ3v) is 4.52. The summed E-state index contributed by atoms with van der Waals surface area (Å²) in [6.45, 7) is 0. The fourth-order valence-corrected chi connectivity index (χ4v) is 3.12. The number of nitrogens with two attached hydrogens (primary N) is 1. The maximum Gasteiger partial charge on any atom is 0.0507 e. The van der Waals surface area contributed by atoms with Crippen LogP contribution in [0.1, 0.15) is 0 Å². The minimum absolute atomic E-state index is 0.841. The van der Waals surface area contributed by atoms with E-state index in [9.17, 15) is 0 Å². The molecule has 0 spiro atoms. The van der Waals surface area contributed by atoms with Crippen LogP contribution in [0.25, 0.3) is 10.1 Å². The summed E-state index contributed by atoms with van der Waals surface area (Å²) in [6, 6.07) is 3.99. The van der Waals surface area contributed by atoms with Gasteiger partial charge in [0.1, 0.15) is 0 Å². The molecule has 2 rings (SSSR count). The summed E-state index contributed by atoms with van der Waals surface area (Å²) < 4.78 is 2.30. The Hall–Kier alpha value is 0.0600. The summed E-state index contributed by atoms with van der Waals surface area (Å²) >= 11 is 8.35. The number of nitrogen functional groups attached to an aromatic ring is 1. The summed E-state index contributed by atoms with van der Waals surface area (Å²) in [4.78, 5) is 1.04. The maximum absolute atomic E-state index is 5.84. The Balaban J connectivity index is 2.97. The van der Waals surface area contributed by atoms with E-state index in [2.05, 4.69) is 35.2 Å². The van der Waals surface area contributed by atoms with Crippen molar-refractivity contribution in [2.75, 3.05) is 5.73 Å². The predicted octanol–water partition coefficient (Wildman–Crippen LogP) is 3.38. The first-order valence-corrected chi connectivity index (χ1v) is 5.75. The van der Waals surface area contributed by atoms with E-state index in [0.717, 1.165) is 19.5 Å². The van der Waals surface area contributed by atoms with E-state index in [4.69, 9.17) is 5.73 Å². The molecule has 0 unspecified atom stereocenters. The van der Waals surface area contributed by atoms with Gasteiger partial charge in [0.05, 0.1) is 4.70 Å². The van der Waals surface area contributed by atoms with Gasteiger partial charge in [0.25, 0.3) is 0 Å². The fraction of sp³-hybridized carbons (Fsp3) is 0. The van der Waals surface area contributed by atoms with Gasteiger partial charge in [-0.05, 0) is 40.1 Å². The van der Waals surface area contributed by atoms with E-state index in [1.807, 2.05) is 17.5 Å². The largest absolute Gasteiger partial charge is 0.398 e. The van der Waals surface area contributed by atoms with Crippen LogP contribution in [0.3, 0.4) is 0 Å². The van der Waals surface area contributed by atoms with E-state index in [0.29, 0.717) is 0 Å². The second-order valence-electron chi connectivity index (χ2n) is 2.46. The summed E-state index contributed by atoms with van der Waals surface area (Å²) in [6.07, 6.45) is 0. The number of rotatable bonds is 0. The van der Waals surface area contributed by atoms with Gasteiger partial charge in [-0.25, -0.2) is 0 Å². The summed E-state index contributed by atoms with van der Waals surface area (Å²) in [5, 5.41) is 3.15. The van der Waals surface area contributed by atoms with Crippen LogP contribution >= 0.6 is 46.6 Å². The highest BCUT2D eigenvalue weighted by molar-refractivity contribution is 14.1. The first-order valence-electron chi connectivity index (χ1n) is 3.34. The molecule has 12 heavy (non-hydrogen) atoms. The van der Waals surface area contributed by atoms with Crippen molar-refractivity contribution in [3.8, 4) is 0 Å². The Labute approximate surface area is 93.5 Å². The average molecular weight is 307 g/mol. The van der Waals surface area contributed by atoms with Crippen LogP contribution in [-0.4, -0.2) is 0 Å². The molecule has 0 fully saturated rings. The van der Waals surface area contributed by atoms with E-state index < -0.39 is 0 Å². The molecule has 62 valence electrons. The number of thiophene rings is 1. The molecule has 1 aromatic carbocycles. The van der Waals surface area contributed by atoms with Gasteiger partial charge >= 0.3 is 0 Å². The van der Waals surface area contributed by atoms with E-state index in [-0.39, 0.29) is 0 Å². The van der Waals surface area contributed by atoms with Crippen molar-refractivity contribution in [3.05, 3.63) is 21.1 Å². The molecule has 0 aliphatic carbocycles. The van der Waals surface area contributed by atoms with Crippen molar-refractivity contribution < 1.29 is 0 Å². The number of halogens is 1. The van der Waals surface area contributed by atoms with Crippen LogP contribution in [0.4, 0.5) is 5.69 Å². The second kappa shape index (κ2) is 3.08. The summed E-state index contributed by atoms with van der Waals surface area (Å²) in [5.41, 5.74) is 6.68. The normalized spacial score (nSPS) is 10.8. The van der Waals surface area contributed by atoms with Crippen LogP contribution < -0.4 is 5.73 Å². The molecule has 2 N–H and O–H groups in total. The van der Waals surface area contributed by atoms with Gasteiger partial charge in [-0.2, -0.15) is 0 Å². The summed E-state index contributed by atoms with van der Waals surface area (Å²) in [5.74, 6) is 0. The Morgan fingerprint density at radius 2 is 2.25 bits per heavy atom. The molecule has 1 nitrogen and oxygen atoms in total. The van der Waals surface area contributed by atoms with Crippen molar-refractivity contribution in [2.24, 2.45) is 0 Å². The molecule has 0 saturated carbocycles. The number of hydrogen-bond acceptors (Lipinski definition) is 3. The van der Waals surface area contributed by atoms with Gasteiger partial charge < -0.3 is 5.73 Å². The van der Waals surface area contributed by atoms with E-state index >= 15 is 0 Å².